The molecule has 7 heteroatoms. The van der Waals surface area contributed by atoms with E-state index in [9.17, 15) is 9.59 Å². The molecule has 0 spiro atoms. The van der Waals surface area contributed by atoms with E-state index in [0.717, 1.165) is 70.4 Å². The van der Waals surface area contributed by atoms with Gasteiger partial charge in [0.05, 0.1) is 0 Å². The number of carbonyl (C=O) groups excluding carboxylic acids is 2. The fourth-order valence-corrected chi connectivity index (χ4v) is 5.61. The minimum Gasteiger partial charge on any atom is -0.443 e. The van der Waals surface area contributed by atoms with Crippen molar-refractivity contribution in [1.29, 1.82) is 0 Å². The van der Waals surface area contributed by atoms with Crippen LogP contribution in [0.1, 0.15) is 49.0 Å². The molecule has 0 radical (unpaired) electrons. The fourth-order valence-electron chi connectivity index (χ4n) is 5.61. The minimum atomic E-state index is -0.0443. The van der Waals surface area contributed by atoms with Gasteiger partial charge in [0.25, 0.3) is 5.91 Å². The quantitative estimate of drug-likeness (QED) is 0.752. The molecule has 3 aliphatic heterocycles. The van der Waals surface area contributed by atoms with Crippen molar-refractivity contribution in [3.05, 3.63) is 42.4 Å². The summed E-state index contributed by atoms with van der Waals surface area (Å²) in [6.45, 7) is 4.26. The van der Waals surface area contributed by atoms with Gasteiger partial charge in [-0.1, -0.05) is 30.3 Å². The number of hydrogen-bond acceptors (Lipinski definition) is 5. The van der Waals surface area contributed by atoms with Crippen molar-refractivity contribution in [3.8, 4) is 11.3 Å². The molecule has 2 aromatic rings. The summed E-state index contributed by atoms with van der Waals surface area (Å²) in [6.07, 6.45) is 7.31. The molecule has 2 amide bonds. The number of aromatic nitrogens is 1. The Hall–Kier alpha value is -2.67. The minimum absolute atomic E-state index is 0.0443. The van der Waals surface area contributed by atoms with E-state index in [2.05, 4.69) is 10.3 Å². The highest BCUT2D eigenvalue weighted by Gasteiger charge is 2.39. The number of benzene rings is 1. The Morgan fingerprint density at radius 1 is 1.09 bits per heavy atom. The molecule has 4 heterocycles. The third-order valence-electron chi connectivity index (χ3n) is 7.27. The summed E-state index contributed by atoms with van der Waals surface area (Å²) in [5, 5.41) is 3.70. The summed E-state index contributed by atoms with van der Waals surface area (Å²) in [7, 11) is 0. The van der Waals surface area contributed by atoms with Gasteiger partial charge in [-0.05, 0) is 50.5 Å². The van der Waals surface area contributed by atoms with Crippen molar-refractivity contribution in [2.75, 3.05) is 32.7 Å². The van der Waals surface area contributed by atoms with Crippen molar-refractivity contribution >= 4 is 11.8 Å². The highest BCUT2D eigenvalue weighted by Crippen LogP contribution is 2.32. The van der Waals surface area contributed by atoms with Crippen LogP contribution >= 0.6 is 0 Å². The number of rotatable bonds is 6. The molecule has 0 aliphatic carbocycles. The molecule has 170 valence electrons. The molecule has 0 saturated carbocycles. The first-order valence-corrected chi connectivity index (χ1v) is 12.0. The number of likely N-dealkylation sites (tertiary alicyclic amines) is 2. The van der Waals surface area contributed by atoms with Crippen molar-refractivity contribution in [2.45, 2.75) is 44.6 Å². The van der Waals surface area contributed by atoms with Gasteiger partial charge in [-0.25, -0.2) is 4.98 Å². The third kappa shape index (κ3) is 4.44. The number of nitrogens with one attached hydrogen (secondary N) is 1. The summed E-state index contributed by atoms with van der Waals surface area (Å²) in [6, 6.07) is 10.0. The number of hydrogen-bond donors (Lipinski definition) is 1. The molecule has 1 N–H and O–H groups in total. The zero-order chi connectivity index (χ0) is 21.9. The Labute approximate surface area is 189 Å². The van der Waals surface area contributed by atoms with Gasteiger partial charge in [0.1, 0.15) is 0 Å². The SMILES string of the molecule is O=C(CCC[C@H]1NCC2CC1CN(C(=O)c1ncoc1-c1ccccc1)C2)N1CCCC1. The van der Waals surface area contributed by atoms with Gasteiger partial charge < -0.3 is 19.5 Å². The third-order valence-corrected chi connectivity index (χ3v) is 7.27. The van der Waals surface area contributed by atoms with Gasteiger partial charge in [0.2, 0.25) is 5.91 Å². The van der Waals surface area contributed by atoms with E-state index in [4.69, 9.17) is 4.42 Å². The second-order valence-electron chi connectivity index (χ2n) is 9.46. The predicted molar refractivity (Wildman–Crippen MR) is 121 cm³/mol. The van der Waals surface area contributed by atoms with Crippen LogP contribution in [0.15, 0.2) is 41.1 Å². The van der Waals surface area contributed by atoms with E-state index in [1.54, 1.807) is 0 Å². The Kier molecular flexibility index (Phi) is 6.26. The highest BCUT2D eigenvalue weighted by atomic mass is 16.3. The summed E-state index contributed by atoms with van der Waals surface area (Å²) >= 11 is 0. The lowest BCUT2D eigenvalue weighted by atomic mass is 9.79. The monoisotopic (exact) mass is 436 g/mol. The number of oxazole rings is 1. The molecule has 3 fully saturated rings. The van der Waals surface area contributed by atoms with Crippen LogP contribution in [0, 0.1) is 11.8 Å². The normalized spacial score (nSPS) is 25.2. The van der Waals surface area contributed by atoms with Crippen molar-refractivity contribution < 1.29 is 14.0 Å². The zero-order valence-electron chi connectivity index (χ0n) is 18.5. The molecule has 7 nitrogen and oxygen atoms in total. The van der Waals surface area contributed by atoms with Gasteiger partial charge in [0.15, 0.2) is 17.8 Å². The van der Waals surface area contributed by atoms with Gasteiger partial charge >= 0.3 is 0 Å². The number of nitrogens with zero attached hydrogens (tertiary/aromatic N) is 3. The van der Waals surface area contributed by atoms with Crippen LogP contribution in [0.4, 0.5) is 0 Å². The molecule has 2 unspecified atom stereocenters. The van der Waals surface area contributed by atoms with Crippen LogP contribution in [0.5, 0.6) is 0 Å². The second-order valence-corrected chi connectivity index (χ2v) is 9.46. The largest absolute Gasteiger partial charge is 0.443 e. The summed E-state index contributed by atoms with van der Waals surface area (Å²) in [5.74, 6) is 1.68. The second kappa shape index (κ2) is 9.45. The van der Waals surface area contributed by atoms with Crippen LogP contribution in [0.2, 0.25) is 0 Å². The summed E-state index contributed by atoms with van der Waals surface area (Å²) in [4.78, 5) is 34.0. The molecule has 1 aromatic carbocycles. The average molecular weight is 437 g/mol. The molecule has 32 heavy (non-hydrogen) atoms. The number of piperidine rings is 2. The summed E-state index contributed by atoms with van der Waals surface area (Å²) < 4.78 is 5.59. The van der Waals surface area contributed by atoms with Crippen molar-refractivity contribution in [3.63, 3.8) is 0 Å². The molecule has 5 rings (SSSR count). The van der Waals surface area contributed by atoms with E-state index >= 15 is 0 Å². The van der Waals surface area contributed by atoms with E-state index < -0.39 is 0 Å². The topological polar surface area (TPSA) is 78.7 Å². The van der Waals surface area contributed by atoms with E-state index in [1.807, 2.05) is 40.1 Å². The van der Waals surface area contributed by atoms with Crippen LogP contribution in [-0.2, 0) is 4.79 Å². The van der Waals surface area contributed by atoms with Crippen molar-refractivity contribution in [2.24, 2.45) is 11.8 Å². The van der Waals surface area contributed by atoms with Crippen LogP contribution in [-0.4, -0.2) is 65.4 Å². The lowest BCUT2D eigenvalue weighted by molar-refractivity contribution is -0.130. The molecule has 3 atom stereocenters. The average Bonchev–Trinajstić information content (AvgIpc) is 3.53. The number of amides is 2. The highest BCUT2D eigenvalue weighted by molar-refractivity contribution is 5.97. The number of carbonyl (C=O) groups is 2. The first-order chi connectivity index (χ1) is 15.7. The van der Waals surface area contributed by atoms with Gasteiger partial charge in [-0.3, -0.25) is 9.59 Å². The van der Waals surface area contributed by atoms with Crippen LogP contribution in [0.3, 0.4) is 0 Å². The van der Waals surface area contributed by atoms with Gasteiger partial charge in [-0.2, -0.15) is 0 Å². The molecular weight excluding hydrogens is 404 g/mol. The predicted octanol–water partition coefficient (Wildman–Crippen LogP) is 3.18. The van der Waals surface area contributed by atoms with E-state index in [1.165, 1.54) is 6.39 Å². The Balaban J connectivity index is 1.20. The van der Waals surface area contributed by atoms with Gasteiger partial charge in [0, 0.05) is 44.2 Å². The standard InChI is InChI=1S/C25H32N4O3/c30-22(28-11-4-5-12-28)10-6-9-21-20-13-18(14-26-21)15-29(16-20)25(31)23-24(32-17-27-23)19-7-2-1-3-8-19/h1-3,7-8,17-18,20-21,26H,4-6,9-16H2/t18?,20?,21-/m1/s1. The Morgan fingerprint density at radius 3 is 2.72 bits per heavy atom. The number of fused-ring (bicyclic) bond motifs is 2. The molecule has 1 aromatic heterocycles. The first kappa shape index (κ1) is 21.2. The molecule has 3 aliphatic rings. The zero-order valence-corrected chi connectivity index (χ0v) is 18.5. The lowest BCUT2D eigenvalue weighted by Crippen LogP contribution is -2.57. The van der Waals surface area contributed by atoms with Crippen LogP contribution < -0.4 is 5.32 Å². The molecular formula is C25H32N4O3. The van der Waals surface area contributed by atoms with Gasteiger partial charge in [-0.15, -0.1) is 0 Å². The molecule has 2 bridgehead atoms. The smallest absolute Gasteiger partial charge is 0.276 e. The maximum Gasteiger partial charge on any atom is 0.276 e. The molecule has 3 saturated heterocycles. The van der Waals surface area contributed by atoms with E-state index in [0.29, 0.717) is 41.7 Å². The maximum absolute atomic E-state index is 13.4. The van der Waals surface area contributed by atoms with E-state index in [-0.39, 0.29) is 5.91 Å². The lowest BCUT2D eigenvalue weighted by Gasteiger charge is -2.46. The van der Waals surface area contributed by atoms with Crippen molar-refractivity contribution in [1.82, 2.24) is 20.1 Å². The Bertz CT molecular complexity index is 938. The fraction of sp³-hybridized carbons (Fsp3) is 0.560. The first-order valence-electron chi connectivity index (χ1n) is 12.0. The maximum atomic E-state index is 13.4. The van der Waals surface area contributed by atoms with Crippen LogP contribution in [0.25, 0.3) is 11.3 Å². The Morgan fingerprint density at radius 2 is 1.91 bits per heavy atom. The summed E-state index contributed by atoms with van der Waals surface area (Å²) in [5.41, 5.74) is 1.27.